The average Bonchev–Trinajstić information content (AvgIpc) is 2.56. The Labute approximate surface area is 117 Å². The molecule has 0 amide bonds. The zero-order valence-corrected chi connectivity index (χ0v) is 12.2. The molecule has 1 aromatic carbocycles. The Hall–Kier alpha value is -1.27. The molecule has 0 saturated heterocycles. The molecule has 18 heavy (non-hydrogen) atoms. The Morgan fingerprint density at radius 3 is 2.67 bits per heavy atom. The second-order valence-corrected chi connectivity index (χ2v) is 5.84. The summed E-state index contributed by atoms with van der Waals surface area (Å²) in [6, 6.07) is 7.09. The van der Waals surface area contributed by atoms with Gasteiger partial charge in [-0.05, 0) is 31.2 Å². The minimum atomic E-state index is -0.931. The maximum Gasteiger partial charge on any atom is 0.335 e. The molecule has 0 saturated carbocycles. The minimum absolute atomic E-state index is 0.269. The van der Waals surface area contributed by atoms with Gasteiger partial charge in [-0.3, -0.25) is 4.68 Å². The molecule has 2 rings (SSSR count). The summed E-state index contributed by atoms with van der Waals surface area (Å²) in [4.78, 5) is 11.8. The third kappa shape index (κ3) is 2.94. The fraction of sp³-hybridized carbons (Fsp3) is 0.167. The summed E-state index contributed by atoms with van der Waals surface area (Å²) in [5, 5.41) is 14.2. The summed E-state index contributed by atoms with van der Waals surface area (Å²) in [6.45, 7) is 1.92. The highest BCUT2D eigenvalue weighted by atomic mass is 79.9. The molecule has 0 atom stereocenters. The lowest BCUT2D eigenvalue weighted by atomic mass is 10.2. The van der Waals surface area contributed by atoms with Gasteiger partial charge < -0.3 is 5.11 Å². The van der Waals surface area contributed by atoms with E-state index in [-0.39, 0.29) is 5.56 Å². The predicted octanol–water partition coefficient (Wildman–Crippen LogP) is 3.34. The van der Waals surface area contributed by atoms with E-state index < -0.39 is 5.97 Å². The summed E-state index contributed by atoms with van der Waals surface area (Å²) in [5.41, 5.74) is 1.21. The summed E-state index contributed by atoms with van der Waals surface area (Å²) in [5.74, 6) is -0.931. The molecule has 0 radical (unpaired) electrons. The Balaban J connectivity index is 2.34. The van der Waals surface area contributed by atoms with Crippen LogP contribution in [0.2, 0.25) is 0 Å². The maximum absolute atomic E-state index is 11.0. The Bertz CT molecular complexity index is 610. The highest BCUT2D eigenvalue weighted by Gasteiger charge is 2.09. The van der Waals surface area contributed by atoms with Crippen molar-refractivity contribution in [2.24, 2.45) is 7.05 Å². The standard InChI is InChI=1S/C12H11BrN2O2S/c1-7-3-11(15(2)14-7)18-10-5-8(12(16)17)4-9(13)6-10/h3-6H,1-2H3,(H,16,17). The number of aromatic nitrogens is 2. The van der Waals surface area contributed by atoms with Gasteiger partial charge in [0.15, 0.2) is 0 Å². The molecule has 0 aliphatic rings. The van der Waals surface area contributed by atoms with Crippen LogP contribution in [0.25, 0.3) is 0 Å². The van der Waals surface area contributed by atoms with Crippen LogP contribution in [0.15, 0.2) is 38.7 Å². The van der Waals surface area contributed by atoms with Crippen molar-refractivity contribution in [1.82, 2.24) is 9.78 Å². The number of carboxylic acid groups (broad SMARTS) is 1. The second kappa shape index (κ2) is 5.16. The van der Waals surface area contributed by atoms with Gasteiger partial charge in [-0.2, -0.15) is 5.10 Å². The van der Waals surface area contributed by atoms with Crippen LogP contribution in [-0.2, 0) is 7.05 Å². The van der Waals surface area contributed by atoms with Crippen LogP contribution in [0.1, 0.15) is 16.1 Å². The molecule has 1 heterocycles. The lowest BCUT2D eigenvalue weighted by molar-refractivity contribution is 0.0696. The molecule has 94 valence electrons. The molecule has 0 aliphatic carbocycles. The highest BCUT2D eigenvalue weighted by molar-refractivity contribution is 9.10. The third-order valence-corrected chi connectivity index (χ3v) is 3.82. The number of rotatable bonds is 3. The maximum atomic E-state index is 11.0. The number of benzene rings is 1. The summed E-state index contributed by atoms with van der Waals surface area (Å²) in [6.07, 6.45) is 0. The van der Waals surface area contributed by atoms with Crippen LogP contribution in [0.5, 0.6) is 0 Å². The quantitative estimate of drug-likeness (QED) is 0.939. The number of carboxylic acids is 1. The monoisotopic (exact) mass is 326 g/mol. The Kier molecular flexibility index (Phi) is 3.77. The second-order valence-electron chi connectivity index (χ2n) is 3.83. The molecule has 2 aromatic rings. The van der Waals surface area contributed by atoms with Crippen molar-refractivity contribution in [3.05, 3.63) is 40.0 Å². The normalized spacial score (nSPS) is 10.6. The Morgan fingerprint density at radius 1 is 1.39 bits per heavy atom. The molecule has 0 aliphatic heterocycles. The first-order valence-electron chi connectivity index (χ1n) is 5.18. The first-order chi connectivity index (χ1) is 8.45. The van der Waals surface area contributed by atoms with E-state index in [2.05, 4.69) is 21.0 Å². The minimum Gasteiger partial charge on any atom is -0.478 e. The van der Waals surface area contributed by atoms with Crippen molar-refractivity contribution in [2.75, 3.05) is 0 Å². The van der Waals surface area contributed by atoms with Crippen molar-refractivity contribution < 1.29 is 9.90 Å². The van der Waals surface area contributed by atoms with Crippen LogP contribution in [-0.4, -0.2) is 20.9 Å². The third-order valence-electron chi connectivity index (χ3n) is 2.30. The van der Waals surface area contributed by atoms with Crippen molar-refractivity contribution in [2.45, 2.75) is 16.8 Å². The molecule has 6 heteroatoms. The van der Waals surface area contributed by atoms with Gasteiger partial charge in [0.05, 0.1) is 16.3 Å². The van der Waals surface area contributed by atoms with E-state index in [1.807, 2.05) is 26.1 Å². The number of nitrogens with zero attached hydrogens (tertiary/aromatic N) is 2. The van der Waals surface area contributed by atoms with Crippen LogP contribution in [0, 0.1) is 6.92 Å². The lowest BCUT2D eigenvalue weighted by Crippen LogP contribution is -1.96. The van der Waals surface area contributed by atoms with Gasteiger partial charge in [0.1, 0.15) is 0 Å². The van der Waals surface area contributed by atoms with Gasteiger partial charge in [-0.15, -0.1) is 0 Å². The molecule has 0 bridgehead atoms. The lowest BCUT2D eigenvalue weighted by Gasteiger charge is -2.04. The smallest absolute Gasteiger partial charge is 0.335 e. The van der Waals surface area contributed by atoms with E-state index in [1.165, 1.54) is 11.8 Å². The predicted molar refractivity (Wildman–Crippen MR) is 73.2 cm³/mol. The van der Waals surface area contributed by atoms with Crippen molar-refractivity contribution in [1.29, 1.82) is 0 Å². The SMILES string of the molecule is Cc1cc(Sc2cc(Br)cc(C(=O)O)c2)n(C)n1. The zero-order chi connectivity index (χ0) is 13.3. The first-order valence-corrected chi connectivity index (χ1v) is 6.79. The highest BCUT2D eigenvalue weighted by Crippen LogP contribution is 2.30. The number of halogens is 1. The summed E-state index contributed by atoms with van der Waals surface area (Å²) < 4.78 is 2.53. The molecular formula is C12H11BrN2O2S. The van der Waals surface area contributed by atoms with Gasteiger partial charge >= 0.3 is 5.97 Å². The van der Waals surface area contributed by atoms with Gasteiger partial charge in [0.2, 0.25) is 0 Å². The molecule has 1 aromatic heterocycles. The fourth-order valence-electron chi connectivity index (χ4n) is 1.55. The van der Waals surface area contributed by atoms with Crippen molar-refractivity contribution >= 4 is 33.7 Å². The Morgan fingerprint density at radius 2 is 2.11 bits per heavy atom. The van der Waals surface area contributed by atoms with Crippen LogP contribution in [0.3, 0.4) is 0 Å². The van der Waals surface area contributed by atoms with Crippen LogP contribution >= 0.6 is 27.7 Å². The van der Waals surface area contributed by atoms with Gasteiger partial charge in [-0.1, -0.05) is 27.7 Å². The van der Waals surface area contributed by atoms with Gasteiger partial charge in [0, 0.05) is 16.4 Å². The van der Waals surface area contributed by atoms with Crippen molar-refractivity contribution in [3.63, 3.8) is 0 Å². The van der Waals surface area contributed by atoms with E-state index in [0.717, 1.165) is 20.1 Å². The molecular weight excluding hydrogens is 316 g/mol. The van der Waals surface area contributed by atoms with E-state index in [4.69, 9.17) is 5.11 Å². The largest absolute Gasteiger partial charge is 0.478 e. The van der Waals surface area contributed by atoms with Crippen LogP contribution < -0.4 is 0 Å². The number of aromatic carboxylic acids is 1. The van der Waals surface area contributed by atoms with Gasteiger partial charge in [0.25, 0.3) is 0 Å². The summed E-state index contributed by atoms with van der Waals surface area (Å²) >= 11 is 4.81. The van der Waals surface area contributed by atoms with E-state index in [1.54, 1.807) is 16.8 Å². The van der Waals surface area contributed by atoms with Crippen LogP contribution in [0.4, 0.5) is 0 Å². The summed E-state index contributed by atoms with van der Waals surface area (Å²) in [7, 11) is 1.87. The number of hydrogen-bond donors (Lipinski definition) is 1. The topological polar surface area (TPSA) is 55.1 Å². The molecule has 4 nitrogen and oxygen atoms in total. The molecule has 0 unspecified atom stereocenters. The molecule has 0 fully saturated rings. The number of carbonyl (C=O) groups is 1. The zero-order valence-electron chi connectivity index (χ0n) is 9.85. The van der Waals surface area contributed by atoms with E-state index >= 15 is 0 Å². The molecule has 1 N–H and O–H groups in total. The first kappa shape index (κ1) is 13.2. The average molecular weight is 327 g/mol. The van der Waals surface area contributed by atoms with Gasteiger partial charge in [-0.25, -0.2) is 4.79 Å². The fourth-order valence-corrected chi connectivity index (χ4v) is 3.21. The van der Waals surface area contributed by atoms with E-state index in [9.17, 15) is 4.79 Å². The van der Waals surface area contributed by atoms with Crippen molar-refractivity contribution in [3.8, 4) is 0 Å². The number of aryl methyl sites for hydroxylation is 2. The number of hydrogen-bond acceptors (Lipinski definition) is 3. The molecule has 0 spiro atoms. The van der Waals surface area contributed by atoms with E-state index in [0.29, 0.717) is 0 Å².